The Kier molecular flexibility index (Phi) is 5.14. The minimum absolute atomic E-state index is 0.0221. The molecular formula is C17H21NO6. The first-order valence-electron chi connectivity index (χ1n) is 7.68. The molecule has 7 nitrogen and oxygen atoms in total. The molecule has 1 amide bonds. The van der Waals surface area contributed by atoms with E-state index in [-0.39, 0.29) is 48.1 Å². The second kappa shape index (κ2) is 6.92. The van der Waals surface area contributed by atoms with Crippen LogP contribution in [0.25, 0.3) is 0 Å². The number of amides is 1. The van der Waals surface area contributed by atoms with Crippen LogP contribution in [0, 0.1) is 5.92 Å². The van der Waals surface area contributed by atoms with Crippen LogP contribution < -0.4 is 0 Å². The molecule has 0 fully saturated rings. The summed E-state index contributed by atoms with van der Waals surface area (Å²) in [5.41, 5.74) is 0.105. The zero-order valence-corrected chi connectivity index (χ0v) is 13.6. The van der Waals surface area contributed by atoms with Crippen LogP contribution in [0.1, 0.15) is 31.9 Å². The minimum Gasteiger partial charge on any atom is -0.508 e. The Morgan fingerprint density at radius 3 is 2.46 bits per heavy atom. The average Bonchev–Trinajstić information content (AvgIpc) is 2.72. The second-order valence-corrected chi connectivity index (χ2v) is 6.15. The van der Waals surface area contributed by atoms with Gasteiger partial charge in [-0.2, -0.15) is 0 Å². The molecule has 0 spiro atoms. The number of nitrogens with zero attached hydrogens (tertiary/aromatic N) is 1. The van der Waals surface area contributed by atoms with E-state index in [1.165, 1.54) is 12.1 Å². The van der Waals surface area contributed by atoms with Gasteiger partial charge in [0.15, 0.2) is 11.5 Å². The summed E-state index contributed by atoms with van der Waals surface area (Å²) in [4.78, 5) is 25.9. The van der Waals surface area contributed by atoms with Crippen LogP contribution in [0.2, 0.25) is 0 Å². The number of aliphatic hydroxyl groups excluding tert-OH is 2. The van der Waals surface area contributed by atoms with E-state index in [4.69, 9.17) is 0 Å². The van der Waals surface area contributed by atoms with Crippen LogP contribution in [-0.4, -0.2) is 50.2 Å². The van der Waals surface area contributed by atoms with Crippen molar-refractivity contribution in [3.05, 3.63) is 35.1 Å². The van der Waals surface area contributed by atoms with E-state index in [1.54, 1.807) is 0 Å². The number of hydrogen-bond donors (Lipinski definition) is 4. The fraction of sp³-hybridized carbons (Fsp3) is 0.412. The van der Waals surface area contributed by atoms with E-state index in [0.717, 1.165) is 11.0 Å². The summed E-state index contributed by atoms with van der Waals surface area (Å²) >= 11 is 0. The van der Waals surface area contributed by atoms with Crippen LogP contribution in [-0.2, 0) is 9.59 Å². The first-order valence-corrected chi connectivity index (χ1v) is 7.68. The lowest BCUT2D eigenvalue weighted by Gasteiger charge is -2.26. The van der Waals surface area contributed by atoms with Crippen molar-refractivity contribution in [1.82, 2.24) is 4.90 Å². The maximum atomic E-state index is 12.5. The van der Waals surface area contributed by atoms with Crippen molar-refractivity contribution in [2.75, 3.05) is 13.2 Å². The van der Waals surface area contributed by atoms with Gasteiger partial charge >= 0.3 is 0 Å². The normalized spacial score (nSPS) is 17.9. The molecule has 1 heterocycles. The highest BCUT2D eigenvalue weighted by Gasteiger charge is 2.44. The number of ketones is 1. The number of β-amino-alcohol motifs (C(OH)–C–C–N with tert-alkyl or cyclic N) is 1. The molecule has 0 saturated carbocycles. The van der Waals surface area contributed by atoms with Crippen LogP contribution in [0.4, 0.5) is 0 Å². The van der Waals surface area contributed by atoms with E-state index in [0.29, 0.717) is 0 Å². The number of rotatable bonds is 6. The van der Waals surface area contributed by atoms with Gasteiger partial charge in [-0.1, -0.05) is 13.8 Å². The zero-order chi connectivity index (χ0) is 18.0. The lowest BCUT2D eigenvalue weighted by Crippen LogP contribution is -2.33. The van der Waals surface area contributed by atoms with Crippen LogP contribution >= 0.6 is 0 Å². The number of Topliss-reactive ketones (excluding diaryl/α,β-unsaturated/α-hetero) is 1. The molecule has 0 saturated heterocycles. The fourth-order valence-electron chi connectivity index (χ4n) is 2.84. The molecular weight excluding hydrogens is 314 g/mol. The predicted octanol–water partition coefficient (Wildman–Crippen LogP) is 1.40. The van der Waals surface area contributed by atoms with E-state index in [1.807, 2.05) is 13.8 Å². The highest BCUT2D eigenvalue weighted by atomic mass is 16.3. The molecule has 0 radical (unpaired) electrons. The third-order valence-electron chi connectivity index (χ3n) is 3.85. The molecule has 1 aromatic rings. The summed E-state index contributed by atoms with van der Waals surface area (Å²) in [6.07, 6.45) is 0.134. The summed E-state index contributed by atoms with van der Waals surface area (Å²) < 4.78 is 0. The van der Waals surface area contributed by atoms with Crippen LogP contribution in [0.5, 0.6) is 11.5 Å². The van der Waals surface area contributed by atoms with Gasteiger partial charge in [0.2, 0.25) is 0 Å². The van der Waals surface area contributed by atoms with Gasteiger partial charge in [0.05, 0.1) is 18.2 Å². The number of hydrogen-bond acceptors (Lipinski definition) is 6. The standard InChI is InChI=1S/C17H21NO6/c1-9(2)7-13(22)14-15(11-4-3-10(20)8-12(11)21)18(5-6-19)17(24)16(14)23/h3-4,8-9,15,19-21,23H,5-7H2,1-2H3. The predicted molar refractivity (Wildman–Crippen MR) is 85.4 cm³/mol. The molecule has 1 unspecified atom stereocenters. The molecule has 0 aliphatic carbocycles. The lowest BCUT2D eigenvalue weighted by molar-refractivity contribution is -0.129. The Hall–Kier alpha value is -2.54. The molecule has 130 valence electrons. The maximum absolute atomic E-state index is 12.5. The first kappa shape index (κ1) is 17.8. The number of aromatic hydroxyl groups is 2. The minimum atomic E-state index is -1.00. The fourth-order valence-corrected chi connectivity index (χ4v) is 2.84. The largest absolute Gasteiger partial charge is 0.508 e. The highest BCUT2D eigenvalue weighted by molar-refractivity contribution is 6.09. The summed E-state index contributed by atoms with van der Waals surface area (Å²) in [6, 6.07) is 2.79. The zero-order valence-electron chi connectivity index (χ0n) is 13.6. The van der Waals surface area contributed by atoms with Gasteiger partial charge in [0.25, 0.3) is 5.91 Å². The van der Waals surface area contributed by atoms with Gasteiger partial charge in [-0.3, -0.25) is 9.59 Å². The molecule has 0 aromatic heterocycles. The number of aliphatic hydroxyl groups is 2. The number of phenols is 2. The number of carbonyl (C=O) groups is 2. The quantitative estimate of drug-likeness (QED) is 0.624. The van der Waals surface area contributed by atoms with Crippen molar-refractivity contribution in [2.24, 2.45) is 5.92 Å². The Labute approximate surface area is 139 Å². The van der Waals surface area contributed by atoms with E-state index >= 15 is 0 Å². The number of benzene rings is 1. The van der Waals surface area contributed by atoms with Crippen LogP contribution in [0.3, 0.4) is 0 Å². The van der Waals surface area contributed by atoms with Crippen molar-refractivity contribution >= 4 is 11.7 Å². The van der Waals surface area contributed by atoms with Gasteiger partial charge in [-0.05, 0) is 18.1 Å². The molecule has 1 atom stereocenters. The highest BCUT2D eigenvalue weighted by Crippen LogP contribution is 2.42. The molecule has 7 heteroatoms. The molecule has 1 aliphatic rings. The Balaban J connectivity index is 2.55. The van der Waals surface area contributed by atoms with Gasteiger partial charge in [-0.25, -0.2) is 0 Å². The molecule has 2 rings (SSSR count). The SMILES string of the molecule is CC(C)CC(=O)C1=C(O)C(=O)N(CCO)C1c1ccc(O)cc1O. The smallest absolute Gasteiger partial charge is 0.290 e. The van der Waals surface area contributed by atoms with Gasteiger partial charge < -0.3 is 25.3 Å². The van der Waals surface area contributed by atoms with Gasteiger partial charge in [0.1, 0.15) is 11.5 Å². The molecule has 1 aliphatic heterocycles. The van der Waals surface area contributed by atoms with Crippen molar-refractivity contribution in [2.45, 2.75) is 26.3 Å². The van der Waals surface area contributed by atoms with Gasteiger partial charge in [0, 0.05) is 24.6 Å². The van der Waals surface area contributed by atoms with Gasteiger partial charge in [-0.15, -0.1) is 0 Å². The van der Waals surface area contributed by atoms with Crippen molar-refractivity contribution < 1.29 is 30.0 Å². The molecule has 4 N–H and O–H groups in total. The third kappa shape index (κ3) is 3.21. The maximum Gasteiger partial charge on any atom is 0.290 e. The average molecular weight is 335 g/mol. The Morgan fingerprint density at radius 1 is 1.25 bits per heavy atom. The Morgan fingerprint density at radius 2 is 1.92 bits per heavy atom. The van der Waals surface area contributed by atoms with Crippen molar-refractivity contribution in [1.29, 1.82) is 0 Å². The lowest BCUT2D eigenvalue weighted by atomic mass is 9.91. The molecule has 24 heavy (non-hydrogen) atoms. The second-order valence-electron chi connectivity index (χ2n) is 6.15. The van der Waals surface area contributed by atoms with E-state index < -0.39 is 23.5 Å². The monoisotopic (exact) mass is 335 g/mol. The summed E-state index contributed by atoms with van der Waals surface area (Å²) in [6.45, 7) is 3.21. The number of carbonyl (C=O) groups excluding carboxylic acids is 2. The first-order chi connectivity index (χ1) is 11.3. The summed E-state index contributed by atoms with van der Waals surface area (Å²) in [5, 5.41) is 38.9. The van der Waals surface area contributed by atoms with Crippen LogP contribution in [0.15, 0.2) is 29.5 Å². The number of phenolic OH excluding ortho intramolecular Hbond substituents is 2. The summed E-state index contributed by atoms with van der Waals surface area (Å²) in [5.74, 6) is -2.28. The van der Waals surface area contributed by atoms with Crippen molar-refractivity contribution in [3.8, 4) is 11.5 Å². The third-order valence-corrected chi connectivity index (χ3v) is 3.85. The van der Waals surface area contributed by atoms with E-state index in [9.17, 15) is 30.0 Å². The van der Waals surface area contributed by atoms with Crippen molar-refractivity contribution in [3.63, 3.8) is 0 Å². The Bertz CT molecular complexity index is 694. The molecule has 0 bridgehead atoms. The molecule has 1 aromatic carbocycles. The van der Waals surface area contributed by atoms with E-state index in [2.05, 4.69) is 0 Å². The summed E-state index contributed by atoms with van der Waals surface area (Å²) in [7, 11) is 0. The topological polar surface area (TPSA) is 118 Å².